The van der Waals surface area contributed by atoms with Gasteiger partial charge in [-0.1, -0.05) is 19.9 Å². The molecule has 6 heterocycles. The van der Waals surface area contributed by atoms with Crippen LogP contribution in [0.15, 0.2) is 71.9 Å². The number of rotatable bonds is 7. The fourth-order valence-corrected chi connectivity index (χ4v) is 10.6. The van der Waals surface area contributed by atoms with Crippen molar-refractivity contribution in [2.45, 2.75) is 122 Å². The van der Waals surface area contributed by atoms with E-state index in [9.17, 15) is 10.1 Å². The molecule has 14 heteroatoms. The lowest BCUT2D eigenvalue weighted by atomic mass is 9.80. The first-order valence-electron chi connectivity index (χ1n) is 22.4. The maximum atomic E-state index is 16.1. The van der Waals surface area contributed by atoms with Crippen molar-refractivity contribution < 1.29 is 18.3 Å². The molecule has 2 saturated carbocycles. The van der Waals surface area contributed by atoms with E-state index in [1.807, 2.05) is 41.0 Å². The maximum Gasteiger partial charge on any atom is 0.338 e. The first-order chi connectivity index (χ1) is 30.5. The molecule has 64 heavy (non-hydrogen) atoms. The minimum atomic E-state index is -0.839. The van der Waals surface area contributed by atoms with Crippen molar-refractivity contribution in [2.75, 3.05) is 13.2 Å². The molecule has 4 aromatic heterocycles. The van der Waals surface area contributed by atoms with Gasteiger partial charge in [0.2, 0.25) is 0 Å². The zero-order valence-corrected chi connectivity index (χ0v) is 37.2. The third-order valence-corrected chi connectivity index (χ3v) is 14.3. The van der Waals surface area contributed by atoms with Gasteiger partial charge in [0.15, 0.2) is 0 Å². The standard InChI is InChI=1S/C50H51F2N9O3/c1-28-18-36(19-29(2)43(28)52)61-45(57-16-15-56(47(57)63)40-22-34-25-54-60(35-9-10-35)39(34)23-37(40)51)42-30(3)58(27-48(4,5)44(42)55-61)46(62)41-21-33-20-31(32-12-17-64-49(6,7)24-32)8-11-38(33)59(41)50(26-53)13-14-50/h8,11,15-16,18-23,25,30,32,35H,9-10,12-14,17,24,27H2,1-7H3/t30-,32-/m0/s1. The summed E-state index contributed by atoms with van der Waals surface area (Å²) in [6.45, 7) is 14.6. The van der Waals surface area contributed by atoms with E-state index in [0.717, 1.165) is 42.0 Å². The molecule has 4 aliphatic rings. The van der Waals surface area contributed by atoms with Crippen LogP contribution in [0.2, 0.25) is 0 Å². The minimum Gasteiger partial charge on any atom is -0.376 e. The van der Waals surface area contributed by atoms with Crippen LogP contribution in [0.1, 0.15) is 130 Å². The summed E-state index contributed by atoms with van der Waals surface area (Å²) in [7, 11) is 0. The van der Waals surface area contributed by atoms with E-state index in [-0.39, 0.29) is 35.6 Å². The Morgan fingerprint density at radius 1 is 0.922 bits per heavy atom. The number of imidazole rings is 1. The minimum absolute atomic E-state index is 0.0770. The molecule has 0 bridgehead atoms. The fraction of sp³-hybridized carbons (Fsp3) is 0.420. The topological polar surface area (TPSA) is 121 Å². The fourth-order valence-electron chi connectivity index (χ4n) is 10.6. The highest BCUT2D eigenvalue weighted by atomic mass is 19.1. The molecule has 7 aromatic rings. The number of nitriles is 1. The highest BCUT2D eigenvalue weighted by Crippen LogP contribution is 2.49. The highest BCUT2D eigenvalue weighted by molar-refractivity contribution is 6.00. The number of nitrogens with zero attached hydrogens (tertiary/aromatic N) is 9. The van der Waals surface area contributed by atoms with Crippen LogP contribution >= 0.6 is 0 Å². The number of aromatic nitrogens is 7. The molecule has 2 aliphatic heterocycles. The first-order valence-corrected chi connectivity index (χ1v) is 22.4. The molecule has 1 amide bonds. The number of carbonyl (C=O) groups excluding carboxylic acids is 1. The van der Waals surface area contributed by atoms with Crippen molar-refractivity contribution in [3.63, 3.8) is 0 Å². The van der Waals surface area contributed by atoms with E-state index in [1.165, 1.54) is 27.0 Å². The van der Waals surface area contributed by atoms with E-state index in [0.29, 0.717) is 70.5 Å². The van der Waals surface area contributed by atoms with Crippen LogP contribution in [0.3, 0.4) is 0 Å². The summed E-state index contributed by atoms with van der Waals surface area (Å²) in [6, 6.07) is 17.0. The second-order valence-electron chi connectivity index (χ2n) is 20.0. The number of halogens is 2. The summed E-state index contributed by atoms with van der Waals surface area (Å²) < 4.78 is 45.5. The zero-order valence-electron chi connectivity index (χ0n) is 37.2. The van der Waals surface area contributed by atoms with Gasteiger partial charge in [-0.15, -0.1) is 0 Å². The SMILES string of the molecule is Cc1cc(-n2nc3c(c2-n2ccn(-c4cc5cnn(C6CC6)c5cc4F)c2=O)[C@H](C)N(C(=O)c2cc4cc([C@H]5CCOC(C)(C)C5)ccc4n2C2(C#N)CC2)CC3(C)C)cc(C)c1F. The molecule has 11 rings (SSSR count). The van der Waals surface area contributed by atoms with Crippen LogP contribution in [0, 0.1) is 36.8 Å². The molecule has 0 N–H and O–H groups in total. The lowest BCUT2D eigenvalue weighted by Gasteiger charge is -2.41. The number of fused-ring (bicyclic) bond motifs is 3. The van der Waals surface area contributed by atoms with E-state index < -0.39 is 28.5 Å². The summed E-state index contributed by atoms with van der Waals surface area (Å²) in [5.41, 5.74) is 3.53. The number of benzene rings is 3. The molecule has 2 aliphatic carbocycles. The largest absolute Gasteiger partial charge is 0.376 e. The van der Waals surface area contributed by atoms with Gasteiger partial charge in [0, 0.05) is 53.4 Å². The molecule has 0 radical (unpaired) electrons. The molecule has 1 saturated heterocycles. The van der Waals surface area contributed by atoms with Gasteiger partial charge in [0.25, 0.3) is 5.91 Å². The van der Waals surface area contributed by atoms with E-state index in [4.69, 9.17) is 9.84 Å². The van der Waals surface area contributed by atoms with E-state index >= 15 is 13.6 Å². The van der Waals surface area contributed by atoms with Crippen molar-refractivity contribution in [3.8, 4) is 23.3 Å². The molecule has 12 nitrogen and oxygen atoms in total. The maximum absolute atomic E-state index is 16.1. The van der Waals surface area contributed by atoms with Crippen molar-refractivity contribution in [1.29, 1.82) is 5.26 Å². The van der Waals surface area contributed by atoms with Gasteiger partial charge in [-0.05, 0) is 132 Å². The van der Waals surface area contributed by atoms with Crippen LogP contribution in [0.5, 0.6) is 0 Å². The van der Waals surface area contributed by atoms with Gasteiger partial charge in [-0.25, -0.2) is 18.3 Å². The molecule has 2 atom stereocenters. The second kappa shape index (κ2) is 13.8. The Bertz CT molecular complexity index is 3200. The number of aryl methyl sites for hydroxylation is 2. The summed E-state index contributed by atoms with van der Waals surface area (Å²) in [5.74, 6) is -0.471. The van der Waals surface area contributed by atoms with Gasteiger partial charge in [-0.2, -0.15) is 15.5 Å². The van der Waals surface area contributed by atoms with E-state index in [2.05, 4.69) is 43.2 Å². The Balaban J connectivity index is 1.06. The number of hydrogen-bond acceptors (Lipinski definition) is 6. The average molecular weight is 864 g/mol. The smallest absolute Gasteiger partial charge is 0.338 e. The molecule has 3 aromatic carbocycles. The predicted octanol–water partition coefficient (Wildman–Crippen LogP) is 9.53. The number of hydrogen-bond donors (Lipinski definition) is 0. The third kappa shape index (κ3) is 6.14. The van der Waals surface area contributed by atoms with Crippen molar-refractivity contribution in [1.82, 2.24) is 38.2 Å². The number of carbonyl (C=O) groups is 1. The van der Waals surface area contributed by atoms with Gasteiger partial charge in [0.05, 0.1) is 58.1 Å². The Labute approximate surface area is 369 Å². The molecular formula is C50H51F2N9O3. The zero-order chi connectivity index (χ0) is 44.8. The van der Waals surface area contributed by atoms with Gasteiger partial charge in [0.1, 0.15) is 28.7 Å². The van der Waals surface area contributed by atoms with Crippen LogP contribution in [0.4, 0.5) is 8.78 Å². The van der Waals surface area contributed by atoms with Crippen LogP contribution in [0.25, 0.3) is 39.0 Å². The van der Waals surface area contributed by atoms with Gasteiger partial charge < -0.3 is 14.2 Å². The molecule has 0 unspecified atom stereocenters. The molecule has 0 spiro atoms. The summed E-state index contributed by atoms with van der Waals surface area (Å²) in [4.78, 5) is 32.1. The quantitative estimate of drug-likeness (QED) is 0.158. The Kier molecular flexibility index (Phi) is 8.74. The summed E-state index contributed by atoms with van der Waals surface area (Å²) in [5, 5.41) is 22.0. The monoisotopic (exact) mass is 863 g/mol. The summed E-state index contributed by atoms with van der Waals surface area (Å²) >= 11 is 0. The van der Waals surface area contributed by atoms with E-state index in [1.54, 1.807) is 49.1 Å². The van der Waals surface area contributed by atoms with Crippen molar-refractivity contribution in [3.05, 3.63) is 123 Å². The molecular weight excluding hydrogens is 813 g/mol. The Hall–Kier alpha value is -6.33. The van der Waals surface area contributed by atoms with Gasteiger partial charge >= 0.3 is 5.69 Å². The first kappa shape index (κ1) is 40.4. The highest BCUT2D eigenvalue weighted by Gasteiger charge is 2.50. The lowest BCUT2D eigenvalue weighted by molar-refractivity contribution is -0.0592. The Morgan fingerprint density at radius 3 is 2.34 bits per heavy atom. The number of amides is 1. The number of ether oxygens (including phenoxy) is 1. The Morgan fingerprint density at radius 2 is 1.66 bits per heavy atom. The average Bonchev–Trinajstić information content (AvgIpc) is 4.08. The molecule has 3 fully saturated rings. The second-order valence-corrected chi connectivity index (χ2v) is 20.0. The lowest BCUT2D eigenvalue weighted by Crippen LogP contribution is -2.48. The van der Waals surface area contributed by atoms with Crippen molar-refractivity contribution in [2.24, 2.45) is 0 Å². The third-order valence-electron chi connectivity index (χ3n) is 14.3. The van der Waals surface area contributed by atoms with Crippen LogP contribution in [-0.4, -0.2) is 62.8 Å². The molecule has 328 valence electrons. The normalized spacial score (nSPS) is 21.0. The van der Waals surface area contributed by atoms with Crippen LogP contribution < -0.4 is 5.69 Å². The predicted molar refractivity (Wildman–Crippen MR) is 239 cm³/mol. The van der Waals surface area contributed by atoms with Crippen LogP contribution in [-0.2, 0) is 15.7 Å². The van der Waals surface area contributed by atoms with Crippen molar-refractivity contribution >= 4 is 27.7 Å². The summed E-state index contributed by atoms with van der Waals surface area (Å²) in [6.07, 6.45) is 9.87. The van der Waals surface area contributed by atoms with Gasteiger partial charge in [-0.3, -0.25) is 18.6 Å².